The van der Waals surface area contributed by atoms with E-state index in [-0.39, 0.29) is 12.2 Å². The summed E-state index contributed by atoms with van der Waals surface area (Å²) >= 11 is 4.58. The van der Waals surface area contributed by atoms with Crippen molar-refractivity contribution in [2.75, 3.05) is 0 Å². The Bertz CT molecular complexity index is 395. The molecule has 0 radical (unpaired) electrons. The van der Waals surface area contributed by atoms with Crippen molar-refractivity contribution in [1.29, 1.82) is 0 Å². The zero-order chi connectivity index (χ0) is 11.6. The van der Waals surface area contributed by atoms with Gasteiger partial charge < -0.3 is 5.11 Å². The molecule has 3 nitrogen and oxygen atoms in total. The maximum absolute atomic E-state index is 11.7. The van der Waals surface area contributed by atoms with Crippen molar-refractivity contribution < 1.29 is 14.7 Å². The van der Waals surface area contributed by atoms with Gasteiger partial charge in [-0.1, -0.05) is 0 Å². The van der Waals surface area contributed by atoms with Gasteiger partial charge in [-0.25, -0.2) is 0 Å². The highest BCUT2D eigenvalue weighted by atomic mass is 79.9. The lowest BCUT2D eigenvalue weighted by Crippen LogP contribution is -2.26. The third kappa shape index (κ3) is 3.14. The molecule has 0 spiro atoms. The van der Waals surface area contributed by atoms with Crippen molar-refractivity contribution in [2.24, 2.45) is 5.41 Å². The van der Waals surface area contributed by atoms with Gasteiger partial charge >= 0.3 is 5.97 Å². The first-order valence-corrected chi connectivity index (χ1v) is 5.96. The van der Waals surface area contributed by atoms with Crippen LogP contribution in [0.3, 0.4) is 0 Å². The van der Waals surface area contributed by atoms with Crippen LogP contribution in [0.2, 0.25) is 0 Å². The molecule has 0 aliphatic rings. The molecule has 0 unspecified atom stereocenters. The van der Waals surface area contributed by atoms with Crippen molar-refractivity contribution in [3.63, 3.8) is 0 Å². The summed E-state index contributed by atoms with van der Waals surface area (Å²) < 4.78 is 0.874. The van der Waals surface area contributed by atoms with Crippen molar-refractivity contribution in [2.45, 2.75) is 20.3 Å². The number of carboxylic acid groups (broad SMARTS) is 1. The molecule has 1 rings (SSSR count). The normalized spacial score (nSPS) is 11.4. The van der Waals surface area contributed by atoms with Crippen molar-refractivity contribution >= 4 is 39.0 Å². The van der Waals surface area contributed by atoms with Crippen molar-refractivity contribution in [3.05, 3.63) is 20.8 Å². The van der Waals surface area contributed by atoms with Gasteiger partial charge in [-0.05, 0) is 41.9 Å². The number of carboxylic acids is 1. The van der Waals surface area contributed by atoms with E-state index in [0.717, 1.165) is 3.79 Å². The Kier molecular flexibility index (Phi) is 3.67. The number of carbonyl (C=O) groups is 2. The monoisotopic (exact) mass is 290 g/mol. The number of hydrogen-bond acceptors (Lipinski definition) is 3. The van der Waals surface area contributed by atoms with E-state index in [1.54, 1.807) is 26.0 Å². The van der Waals surface area contributed by atoms with Gasteiger partial charge in [-0.3, -0.25) is 9.59 Å². The predicted molar refractivity (Wildman–Crippen MR) is 62.4 cm³/mol. The zero-order valence-corrected chi connectivity index (χ0v) is 10.8. The van der Waals surface area contributed by atoms with Gasteiger partial charge in [-0.15, -0.1) is 11.3 Å². The smallest absolute Gasteiger partial charge is 0.309 e. The lowest BCUT2D eigenvalue weighted by atomic mass is 9.87. The molecule has 15 heavy (non-hydrogen) atoms. The summed E-state index contributed by atoms with van der Waals surface area (Å²) in [7, 11) is 0. The summed E-state index contributed by atoms with van der Waals surface area (Å²) in [6.07, 6.45) is 0.0231. The molecule has 0 fully saturated rings. The van der Waals surface area contributed by atoms with Gasteiger partial charge in [-0.2, -0.15) is 0 Å². The van der Waals surface area contributed by atoms with E-state index in [4.69, 9.17) is 5.11 Å². The zero-order valence-electron chi connectivity index (χ0n) is 8.41. The Balaban J connectivity index is 2.76. The average molecular weight is 291 g/mol. The van der Waals surface area contributed by atoms with Crippen LogP contribution in [-0.2, 0) is 4.79 Å². The fraction of sp³-hybridized carbons (Fsp3) is 0.400. The summed E-state index contributed by atoms with van der Waals surface area (Å²) in [5.41, 5.74) is -1.01. The molecule has 0 aliphatic carbocycles. The summed E-state index contributed by atoms with van der Waals surface area (Å²) in [5.74, 6) is -1.08. The first-order chi connectivity index (χ1) is 6.83. The molecule has 0 atom stereocenters. The number of Topliss-reactive ketones (excluding diaryl/α,β-unsaturated/α-hetero) is 1. The molecular formula is C10H11BrO3S. The standard InChI is InChI=1S/C10H11BrO3S/c1-10(2,9(13)14)5-6(12)7-3-4-8(11)15-7/h3-4H,5H2,1-2H3,(H,13,14). The predicted octanol–water partition coefficient (Wildman–Crippen LogP) is 3.19. The number of carbonyl (C=O) groups excluding carboxylic acids is 1. The third-order valence-corrected chi connectivity index (χ3v) is 3.69. The maximum atomic E-state index is 11.7. The van der Waals surface area contributed by atoms with Crippen LogP contribution in [0, 0.1) is 5.41 Å². The molecule has 0 amide bonds. The molecule has 0 saturated heterocycles. The minimum atomic E-state index is -1.01. The minimum absolute atomic E-state index is 0.0231. The lowest BCUT2D eigenvalue weighted by molar-refractivity contribution is -0.146. The van der Waals surface area contributed by atoms with Crippen LogP contribution in [-0.4, -0.2) is 16.9 Å². The molecule has 5 heteroatoms. The SMILES string of the molecule is CC(C)(CC(=O)c1ccc(Br)s1)C(=O)O. The van der Waals surface area contributed by atoms with Crippen LogP contribution in [0.15, 0.2) is 15.9 Å². The van der Waals surface area contributed by atoms with Crippen molar-refractivity contribution in [3.8, 4) is 0 Å². The van der Waals surface area contributed by atoms with Crippen molar-refractivity contribution in [1.82, 2.24) is 0 Å². The summed E-state index contributed by atoms with van der Waals surface area (Å²) in [6, 6.07) is 3.49. The average Bonchev–Trinajstić information content (AvgIpc) is 2.50. The highest BCUT2D eigenvalue weighted by Crippen LogP contribution is 2.28. The van der Waals surface area contributed by atoms with E-state index < -0.39 is 11.4 Å². The molecule has 0 aliphatic heterocycles. The third-order valence-electron chi connectivity index (χ3n) is 2.03. The Labute approximate surface area is 100 Å². The van der Waals surface area contributed by atoms with Gasteiger partial charge in [0.1, 0.15) is 0 Å². The highest BCUT2D eigenvalue weighted by molar-refractivity contribution is 9.11. The minimum Gasteiger partial charge on any atom is -0.481 e. The quantitative estimate of drug-likeness (QED) is 0.867. The fourth-order valence-electron chi connectivity index (χ4n) is 1.03. The summed E-state index contributed by atoms with van der Waals surface area (Å²) in [6.45, 7) is 3.10. The van der Waals surface area contributed by atoms with Crippen LogP contribution < -0.4 is 0 Å². The number of rotatable bonds is 4. The maximum Gasteiger partial charge on any atom is 0.309 e. The Morgan fingerprint density at radius 2 is 2.07 bits per heavy atom. The second kappa shape index (κ2) is 4.45. The second-order valence-electron chi connectivity index (χ2n) is 3.89. The Morgan fingerprint density at radius 3 is 2.47 bits per heavy atom. The van der Waals surface area contributed by atoms with Crippen LogP contribution in [0.4, 0.5) is 0 Å². The number of thiophene rings is 1. The summed E-state index contributed by atoms with van der Waals surface area (Å²) in [4.78, 5) is 23.1. The molecule has 0 aromatic carbocycles. The number of aliphatic carboxylic acids is 1. The van der Waals surface area contributed by atoms with Gasteiger partial charge in [0.05, 0.1) is 14.1 Å². The molecule has 0 bridgehead atoms. The van der Waals surface area contributed by atoms with E-state index in [9.17, 15) is 9.59 Å². The van der Waals surface area contributed by atoms with Gasteiger partial charge in [0.2, 0.25) is 0 Å². The van der Waals surface area contributed by atoms with Crippen LogP contribution >= 0.6 is 27.3 Å². The lowest BCUT2D eigenvalue weighted by Gasteiger charge is -2.16. The second-order valence-corrected chi connectivity index (χ2v) is 6.36. The fourth-order valence-corrected chi connectivity index (χ4v) is 2.35. The Hall–Kier alpha value is -0.680. The first kappa shape index (κ1) is 12.4. The molecule has 1 heterocycles. The summed E-state index contributed by atoms with van der Waals surface area (Å²) in [5, 5.41) is 8.88. The van der Waals surface area contributed by atoms with Crippen LogP contribution in [0.5, 0.6) is 0 Å². The number of hydrogen-bond donors (Lipinski definition) is 1. The van der Waals surface area contributed by atoms with E-state index in [1.165, 1.54) is 11.3 Å². The highest BCUT2D eigenvalue weighted by Gasteiger charge is 2.30. The van der Waals surface area contributed by atoms with E-state index in [2.05, 4.69) is 15.9 Å². The van der Waals surface area contributed by atoms with Gasteiger partial charge in [0.25, 0.3) is 0 Å². The molecule has 1 N–H and O–H groups in total. The van der Waals surface area contributed by atoms with Crippen LogP contribution in [0.1, 0.15) is 29.9 Å². The van der Waals surface area contributed by atoms with Gasteiger partial charge in [0.15, 0.2) is 5.78 Å². The largest absolute Gasteiger partial charge is 0.481 e. The number of halogens is 1. The molecule has 1 aromatic rings. The molecule has 0 saturated carbocycles. The van der Waals surface area contributed by atoms with E-state index in [1.807, 2.05) is 0 Å². The number of ketones is 1. The van der Waals surface area contributed by atoms with E-state index >= 15 is 0 Å². The van der Waals surface area contributed by atoms with E-state index in [0.29, 0.717) is 4.88 Å². The molecule has 82 valence electrons. The molecular weight excluding hydrogens is 280 g/mol. The topological polar surface area (TPSA) is 54.4 Å². The Morgan fingerprint density at radius 1 is 1.47 bits per heavy atom. The van der Waals surface area contributed by atoms with Gasteiger partial charge in [0, 0.05) is 6.42 Å². The first-order valence-electron chi connectivity index (χ1n) is 4.35. The van der Waals surface area contributed by atoms with Crippen LogP contribution in [0.25, 0.3) is 0 Å². The molecule has 1 aromatic heterocycles.